The molecule has 0 nitrogen and oxygen atoms in total. The number of hydrogen-bond acceptors (Lipinski definition) is 1. The fourth-order valence-electron chi connectivity index (χ4n) is 1.83. The Labute approximate surface area is 86.1 Å². The lowest BCUT2D eigenvalue weighted by Crippen LogP contribution is -2.07. The van der Waals surface area contributed by atoms with Gasteiger partial charge in [-0.15, -0.1) is 11.3 Å². The van der Waals surface area contributed by atoms with Crippen LogP contribution in [0.5, 0.6) is 0 Å². The van der Waals surface area contributed by atoms with Gasteiger partial charge in [0, 0.05) is 15.1 Å². The molecule has 0 aromatic carbocycles. The molecule has 0 bridgehead atoms. The number of hydrogen-bond donors (Lipinski definition) is 0. The normalized spacial score (nSPS) is 22.3. The minimum Gasteiger partial charge on any atom is -0.144 e. The molecular formula is C10H13BrS. The predicted molar refractivity (Wildman–Crippen MR) is 58.1 cm³/mol. The lowest BCUT2D eigenvalue weighted by molar-refractivity contribution is 0.506. The largest absolute Gasteiger partial charge is 0.144 e. The van der Waals surface area contributed by atoms with Crippen molar-refractivity contribution in [3.8, 4) is 0 Å². The zero-order valence-electron chi connectivity index (χ0n) is 7.27. The van der Waals surface area contributed by atoms with Gasteiger partial charge in [-0.2, -0.15) is 0 Å². The van der Waals surface area contributed by atoms with Gasteiger partial charge in [0.05, 0.1) is 0 Å². The van der Waals surface area contributed by atoms with Crippen LogP contribution in [0.15, 0.2) is 6.07 Å². The highest BCUT2D eigenvalue weighted by Gasteiger charge is 2.17. The number of rotatable bonds is 1. The van der Waals surface area contributed by atoms with Gasteiger partial charge < -0.3 is 0 Å². The van der Waals surface area contributed by atoms with E-state index in [9.17, 15) is 0 Å². The maximum atomic E-state index is 3.51. The average Bonchev–Trinajstić information content (AvgIpc) is 2.46. The van der Waals surface area contributed by atoms with Crippen LogP contribution in [0.2, 0.25) is 0 Å². The van der Waals surface area contributed by atoms with Crippen molar-refractivity contribution in [1.82, 2.24) is 0 Å². The molecule has 1 aliphatic carbocycles. The molecule has 0 fully saturated rings. The average molecular weight is 245 g/mol. The molecule has 2 heteroatoms. The Hall–Kier alpha value is 0.180. The van der Waals surface area contributed by atoms with E-state index in [4.69, 9.17) is 0 Å². The molecule has 12 heavy (non-hydrogen) atoms. The number of fused-ring (bicyclic) bond motifs is 1. The number of alkyl halides is 1. The summed E-state index contributed by atoms with van der Waals surface area (Å²) in [5.74, 6) is 0.898. The van der Waals surface area contributed by atoms with E-state index in [0.717, 1.165) is 11.2 Å². The van der Waals surface area contributed by atoms with E-state index >= 15 is 0 Å². The van der Waals surface area contributed by atoms with Crippen LogP contribution in [-0.4, -0.2) is 0 Å². The van der Waals surface area contributed by atoms with Crippen molar-refractivity contribution < 1.29 is 0 Å². The van der Waals surface area contributed by atoms with Crippen LogP contribution in [0.1, 0.15) is 28.7 Å². The minimum absolute atomic E-state index is 0.898. The van der Waals surface area contributed by atoms with E-state index in [1.807, 2.05) is 11.3 Å². The summed E-state index contributed by atoms with van der Waals surface area (Å²) >= 11 is 5.50. The molecule has 0 N–H and O–H groups in total. The van der Waals surface area contributed by atoms with Gasteiger partial charge >= 0.3 is 0 Å². The topological polar surface area (TPSA) is 0 Å². The van der Waals surface area contributed by atoms with E-state index in [1.54, 1.807) is 10.4 Å². The molecule has 1 aromatic rings. The highest BCUT2D eigenvalue weighted by Crippen LogP contribution is 2.32. The summed E-state index contributed by atoms with van der Waals surface area (Å²) in [4.78, 5) is 3.14. The van der Waals surface area contributed by atoms with Crippen molar-refractivity contribution in [2.45, 2.75) is 31.5 Å². The number of halogens is 1. The second-order valence-electron chi connectivity index (χ2n) is 3.64. The van der Waals surface area contributed by atoms with Gasteiger partial charge in [-0.25, -0.2) is 0 Å². The van der Waals surface area contributed by atoms with Crippen molar-refractivity contribution in [1.29, 1.82) is 0 Å². The van der Waals surface area contributed by atoms with Gasteiger partial charge in [0.15, 0.2) is 0 Å². The summed E-state index contributed by atoms with van der Waals surface area (Å²) in [6, 6.07) is 2.38. The summed E-state index contributed by atoms with van der Waals surface area (Å²) in [6.07, 6.45) is 4.00. The third kappa shape index (κ3) is 1.60. The maximum Gasteiger partial charge on any atom is 0.0377 e. The molecular weight excluding hydrogens is 232 g/mol. The molecule has 0 saturated heterocycles. The molecule has 1 atom stereocenters. The Morgan fingerprint density at radius 2 is 2.50 bits per heavy atom. The van der Waals surface area contributed by atoms with Crippen LogP contribution in [0.3, 0.4) is 0 Å². The molecule has 2 rings (SSSR count). The van der Waals surface area contributed by atoms with Crippen molar-refractivity contribution in [2.24, 2.45) is 5.92 Å². The Morgan fingerprint density at radius 3 is 3.25 bits per heavy atom. The predicted octanol–water partition coefficient (Wildman–Crippen LogP) is 3.77. The zero-order chi connectivity index (χ0) is 8.55. The molecule has 1 heterocycles. The van der Waals surface area contributed by atoms with Crippen LogP contribution < -0.4 is 0 Å². The zero-order valence-corrected chi connectivity index (χ0v) is 9.67. The number of thiophene rings is 1. The van der Waals surface area contributed by atoms with Gasteiger partial charge in [-0.05, 0) is 36.8 Å². The first-order valence-corrected chi connectivity index (χ1v) is 6.40. The first kappa shape index (κ1) is 8.76. The van der Waals surface area contributed by atoms with Crippen LogP contribution in [0.4, 0.5) is 0 Å². The molecule has 0 spiro atoms. The van der Waals surface area contributed by atoms with Gasteiger partial charge in [-0.1, -0.05) is 22.9 Å². The summed E-state index contributed by atoms with van der Waals surface area (Å²) < 4.78 is 0. The molecule has 0 radical (unpaired) electrons. The molecule has 1 aliphatic rings. The standard InChI is InChI=1S/C10H13BrS/c1-7-2-3-10-8(4-7)5-9(6-11)12-10/h5,7H,2-4,6H2,1H3. The Kier molecular flexibility index (Phi) is 2.56. The van der Waals surface area contributed by atoms with E-state index < -0.39 is 0 Å². The molecule has 0 saturated carbocycles. The molecule has 0 amide bonds. The molecule has 0 aliphatic heterocycles. The van der Waals surface area contributed by atoms with Crippen molar-refractivity contribution in [2.75, 3.05) is 0 Å². The fourth-order valence-corrected chi connectivity index (χ4v) is 3.40. The third-order valence-electron chi connectivity index (χ3n) is 2.51. The van der Waals surface area contributed by atoms with Crippen LogP contribution in [-0.2, 0) is 18.2 Å². The van der Waals surface area contributed by atoms with Crippen LogP contribution in [0.25, 0.3) is 0 Å². The summed E-state index contributed by atoms with van der Waals surface area (Å²) in [5, 5.41) is 1.03. The fraction of sp³-hybridized carbons (Fsp3) is 0.600. The van der Waals surface area contributed by atoms with Crippen LogP contribution in [0, 0.1) is 5.92 Å². The third-order valence-corrected chi connectivity index (χ3v) is 4.72. The van der Waals surface area contributed by atoms with E-state index in [2.05, 4.69) is 28.9 Å². The quantitative estimate of drug-likeness (QED) is 0.661. The highest BCUT2D eigenvalue weighted by atomic mass is 79.9. The first-order valence-electron chi connectivity index (χ1n) is 4.46. The number of aryl methyl sites for hydroxylation is 1. The summed E-state index contributed by atoms with van der Waals surface area (Å²) in [6.45, 7) is 2.36. The Balaban J connectivity index is 2.28. The van der Waals surface area contributed by atoms with Gasteiger partial charge in [-0.3, -0.25) is 0 Å². The highest BCUT2D eigenvalue weighted by molar-refractivity contribution is 9.08. The van der Waals surface area contributed by atoms with Crippen molar-refractivity contribution in [3.63, 3.8) is 0 Å². The summed E-state index contributed by atoms with van der Waals surface area (Å²) in [7, 11) is 0. The lowest BCUT2D eigenvalue weighted by atomic mass is 9.90. The van der Waals surface area contributed by atoms with Gasteiger partial charge in [0.25, 0.3) is 0 Å². The molecule has 1 unspecified atom stereocenters. The molecule has 1 aromatic heterocycles. The SMILES string of the molecule is CC1CCc2sc(CBr)cc2C1. The van der Waals surface area contributed by atoms with Crippen molar-refractivity contribution >= 4 is 27.3 Å². The minimum atomic E-state index is 0.898. The summed E-state index contributed by atoms with van der Waals surface area (Å²) in [5.41, 5.74) is 1.62. The Morgan fingerprint density at radius 1 is 1.67 bits per heavy atom. The maximum absolute atomic E-state index is 3.51. The van der Waals surface area contributed by atoms with E-state index in [1.165, 1.54) is 24.1 Å². The first-order chi connectivity index (χ1) is 5.79. The van der Waals surface area contributed by atoms with Gasteiger partial charge in [0.2, 0.25) is 0 Å². The van der Waals surface area contributed by atoms with E-state index in [-0.39, 0.29) is 0 Å². The van der Waals surface area contributed by atoms with Crippen molar-refractivity contribution in [3.05, 3.63) is 21.4 Å². The smallest absolute Gasteiger partial charge is 0.0377 e. The monoisotopic (exact) mass is 244 g/mol. The van der Waals surface area contributed by atoms with Crippen LogP contribution >= 0.6 is 27.3 Å². The molecule has 66 valence electrons. The van der Waals surface area contributed by atoms with Gasteiger partial charge in [0.1, 0.15) is 0 Å². The lowest BCUT2D eigenvalue weighted by Gasteiger charge is -2.17. The van der Waals surface area contributed by atoms with E-state index in [0.29, 0.717) is 0 Å². The second-order valence-corrected chi connectivity index (χ2v) is 5.42. The second kappa shape index (κ2) is 3.51. The Bertz CT molecular complexity index is 277.